The minimum absolute atomic E-state index is 0.0768. The molecule has 0 bridgehead atoms. The molecule has 5 aliphatic rings. The van der Waals surface area contributed by atoms with E-state index in [9.17, 15) is 19.2 Å². The number of nitrogens with one attached hydrogen (secondary N) is 2. The highest BCUT2D eigenvalue weighted by molar-refractivity contribution is 6.23. The molecule has 0 spiro atoms. The SMILES string of the molecule is CC(C)Oc1ccc2[nH]nc(-c3cc(N4CCO[C@@H](CN5CCN(CC6CCN(c7ccc8c(c7)C(=O)N(C7CCC(=O)NC7=O)C8=O)CC6)CC5)C4)ncn3)c2c1. The third kappa shape index (κ3) is 7.75. The van der Waals surface area contributed by atoms with Crippen molar-refractivity contribution in [1.29, 1.82) is 0 Å². The first-order chi connectivity index (χ1) is 28.2. The number of amides is 4. The predicted octanol–water partition coefficient (Wildman–Crippen LogP) is 2.95. The number of rotatable bonds is 10. The second-order valence-electron chi connectivity index (χ2n) is 16.4. The summed E-state index contributed by atoms with van der Waals surface area (Å²) in [6, 6.07) is 12.4. The summed E-state index contributed by atoms with van der Waals surface area (Å²) in [5, 5.41) is 10.9. The molecule has 4 fully saturated rings. The zero-order chi connectivity index (χ0) is 39.9. The van der Waals surface area contributed by atoms with Crippen molar-refractivity contribution >= 4 is 46.0 Å². The van der Waals surface area contributed by atoms with Gasteiger partial charge in [0, 0.05) is 89.0 Å². The Labute approximate surface area is 336 Å². The van der Waals surface area contributed by atoms with Crippen LogP contribution in [-0.2, 0) is 14.3 Å². The van der Waals surface area contributed by atoms with Gasteiger partial charge in [-0.25, -0.2) is 9.97 Å². The van der Waals surface area contributed by atoms with Crippen molar-refractivity contribution in [2.45, 2.75) is 57.8 Å². The summed E-state index contributed by atoms with van der Waals surface area (Å²) in [4.78, 5) is 70.5. The second kappa shape index (κ2) is 16.1. The minimum Gasteiger partial charge on any atom is -0.491 e. The monoisotopic (exact) mass is 790 g/mol. The average molecular weight is 791 g/mol. The molecule has 0 aliphatic carbocycles. The number of hydrogen-bond donors (Lipinski definition) is 2. The Hall–Kier alpha value is -5.45. The molecule has 2 aromatic carbocycles. The van der Waals surface area contributed by atoms with E-state index in [1.165, 1.54) is 0 Å². The first-order valence-corrected chi connectivity index (χ1v) is 20.6. The quantitative estimate of drug-likeness (QED) is 0.225. The lowest BCUT2D eigenvalue weighted by Gasteiger charge is -2.41. The van der Waals surface area contributed by atoms with E-state index in [-0.39, 0.29) is 31.0 Å². The molecule has 7 heterocycles. The molecule has 4 aromatic rings. The van der Waals surface area contributed by atoms with E-state index in [0.29, 0.717) is 23.7 Å². The van der Waals surface area contributed by atoms with Crippen molar-refractivity contribution in [3.05, 3.63) is 59.9 Å². The van der Waals surface area contributed by atoms with Crippen molar-refractivity contribution in [2.75, 3.05) is 81.9 Å². The van der Waals surface area contributed by atoms with E-state index in [1.807, 2.05) is 44.2 Å². The van der Waals surface area contributed by atoms with E-state index in [0.717, 1.165) is 123 Å². The summed E-state index contributed by atoms with van der Waals surface area (Å²) < 4.78 is 12.2. The number of anilines is 2. The molecule has 58 heavy (non-hydrogen) atoms. The van der Waals surface area contributed by atoms with Crippen LogP contribution in [0.25, 0.3) is 22.3 Å². The van der Waals surface area contributed by atoms with Crippen LogP contribution in [-0.4, -0.2) is 149 Å². The molecule has 2 atom stereocenters. The van der Waals surface area contributed by atoms with Gasteiger partial charge in [-0.2, -0.15) is 5.10 Å². The van der Waals surface area contributed by atoms with Gasteiger partial charge in [0.05, 0.1) is 41.2 Å². The number of H-pyrrole nitrogens is 1. The first kappa shape index (κ1) is 38.1. The molecular formula is C42H50N10O6. The number of hydrogen-bond acceptors (Lipinski definition) is 13. The van der Waals surface area contributed by atoms with E-state index in [4.69, 9.17) is 9.47 Å². The van der Waals surface area contributed by atoms with Gasteiger partial charge in [0.2, 0.25) is 11.8 Å². The van der Waals surface area contributed by atoms with Gasteiger partial charge >= 0.3 is 0 Å². The molecule has 5 aliphatic heterocycles. The highest BCUT2D eigenvalue weighted by Gasteiger charge is 2.45. The number of piperidine rings is 2. The minimum atomic E-state index is -0.961. The first-order valence-electron chi connectivity index (χ1n) is 20.6. The third-order valence-corrected chi connectivity index (χ3v) is 12.1. The number of fused-ring (bicyclic) bond motifs is 2. The zero-order valence-electron chi connectivity index (χ0n) is 33.1. The molecule has 4 saturated heterocycles. The number of piperazine rings is 1. The fourth-order valence-corrected chi connectivity index (χ4v) is 9.06. The van der Waals surface area contributed by atoms with E-state index in [2.05, 4.69) is 45.1 Å². The van der Waals surface area contributed by atoms with Crippen LogP contribution in [0.15, 0.2) is 48.8 Å². The number of benzene rings is 2. The topological polar surface area (TPSA) is 169 Å². The summed E-state index contributed by atoms with van der Waals surface area (Å²) in [6.45, 7) is 13.9. The van der Waals surface area contributed by atoms with Gasteiger partial charge in [0.25, 0.3) is 11.8 Å². The van der Waals surface area contributed by atoms with Crippen LogP contribution in [0.2, 0.25) is 0 Å². The lowest BCUT2D eigenvalue weighted by atomic mass is 9.95. The molecule has 1 unspecified atom stereocenters. The Morgan fingerprint density at radius 1 is 0.828 bits per heavy atom. The van der Waals surface area contributed by atoms with Crippen LogP contribution < -0.4 is 19.9 Å². The second-order valence-corrected chi connectivity index (χ2v) is 16.4. The molecule has 2 N–H and O–H groups in total. The van der Waals surface area contributed by atoms with Crippen molar-refractivity contribution in [2.24, 2.45) is 5.92 Å². The van der Waals surface area contributed by atoms with Gasteiger partial charge in [0.1, 0.15) is 29.6 Å². The molecule has 9 rings (SSSR count). The average Bonchev–Trinajstić information content (AvgIpc) is 3.76. The van der Waals surface area contributed by atoms with Gasteiger partial charge in [-0.05, 0) is 75.4 Å². The van der Waals surface area contributed by atoms with E-state index in [1.54, 1.807) is 18.5 Å². The number of morpholine rings is 1. The number of carbonyl (C=O) groups excluding carboxylic acids is 4. The van der Waals surface area contributed by atoms with Gasteiger partial charge in [-0.1, -0.05) is 0 Å². The standard InChI is InChI=1S/C42H50N10O6/c1-26(2)58-29-4-6-34-33(20-29)39(47-46-34)35-21-37(44-25-43-35)51-17-18-57-30(24-51)23-49-15-13-48(14-16-49)22-27-9-11-50(12-10-27)28-3-5-31-32(19-28)42(56)52(41(31)55)36-7-8-38(53)45-40(36)54/h3-6,19-21,25-27,30,36H,7-18,22-24H2,1-2H3,(H,46,47)(H,45,53,54)/t30-,36?/m0/s1. The molecule has 0 saturated carbocycles. The normalized spacial score (nSPS) is 22.6. The predicted molar refractivity (Wildman–Crippen MR) is 216 cm³/mol. The number of nitrogens with zero attached hydrogens (tertiary/aromatic N) is 8. The summed E-state index contributed by atoms with van der Waals surface area (Å²) >= 11 is 0. The number of ether oxygens (including phenoxy) is 2. The largest absolute Gasteiger partial charge is 0.491 e. The van der Waals surface area contributed by atoms with Gasteiger partial charge in [-0.3, -0.25) is 39.4 Å². The lowest BCUT2D eigenvalue weighted by molar-refractivity contribution is -0.136. The Bertz CT molecular complexity index is 2210. The Morgan fingerprint density at radius 3 is 2.38 bits per heavy atom. The lowest BCUT2D eigenvalue weighted by Crippen LogP contribution is -2.54. The maximum absolute atomic E-state index is 13.4. The third-order valence-electron chi connectivity index (χ3n) is 12.1. The van der Waals surface area contributed by atoms with Crippen molar-refractivity contribution in [3.63, 3.8) is 0 Å². The highest BCUT2D eigenvalue weighted by atomic mass is 16.5. The molecular weight excluding hydrogens is 741 g/mol. The summed E-state index contributed by atoms with van der Waals surface area (Å²) in [5.74, 6) is 0.339. The Morgan fingerprint density at radius 2 is 1.60 bits per heavy atom. The van der Waals surface area contributed by atoms with Gasteiger partial charge < -0.3 is 24.2 Å². The van der Waals surface area contributed by atoms with Crippen LogP contribution in [0.3, 0.4) is 0 Å². The Kier molecular flexibility index (Phi) is 10.6. The molecule has 0 radical (unpaired) electrons. The highest BCUT2D eigenvalue weighted by Crippen LogP contribution is 2.33. The van der Waals surface area contributed by atoms with E-state index >= 15 is 0 Å². The van der Waals surface area contributed by atoms with Crippen molar-refractivity contribution in [3.8, 4) is 17.1 Å². The number of aromatic nitrogens is 4. The summed E-state index contributed by atoms with van der Waals surface area (Å²) in [6.07, 6.45) is 4.12. The van der Waals surface area contributed by atoms with Crippen molar-refractivity contribution in [1.82, 2.24) is 40.2 Å². The van der Waals surface area contributed by atoms with Crippen LogP contribution in [0.1, 0.15) is 60.2 Å². The Balaban J connectivity index is 0.739. The maximum atomic E-state index is 13.4. The number of carbonyl (C=O) groups is 4. The summed E-state index contributed by atoms with van der Waals surface area (Å²) in [7, 11) is 0. The van der Waals surface area contributed by atoms with Gasteiger partial charge in [-0.15, -0.1) is 0 Å². The number of imide groups is 2. The molecule has 4 amide bonds. The van der Waals surface area contributed by atoms with Gasteiger partial charge in [0.15, 0.2) is 0 Å². The van der Waals surface area contributed by atoms with Crippen LogP contribution in [0, 0.1) is 5.92 Å². The van der Waals surface area contributed by atoms with Crippen LogP contribution >= 0.6 is 0 Å². The van der Waals surface area contributed by atoms with Crippen molar-refractivity contribution < 1.29 is 28.7 Å². The number of aromatic amines is 1. The molecule has 2 aromatic heterocycles. The smallest absolute Gasteiger partial charge is 0.262 e. The van der Waals surface area contributed by atoms with Crippen LogP contribution in [0.4, 0.5) is 11.5 Å². The fraction of sp³-hybridized carbons (Fsp3) is 0.500. The molecule has 304 valence electrons. The van der Waals surface area contributed by atoms with E-state index < -0.39 is 23.8 Å². The fourth-order valence-electron chi connectivity index (χ4n) is 9.06. The zero-order valence-corrected chi connectivity index (χ0v) is 33.1. The molecule has 16 nitrogen and oxygen atoms in total. The van der Waals surface area contributed by atoms with Crippen LogP contribution in [0.5, 0.6) is 5.75 Å². The molecule has 16 heteroatoms. The summed E-state index contributed by atoms with van der Waals surface area (Å²) in [5.41, 5.74) is 4.02. The maximum Gasteiger partial charge on any atom is 0.262 e.